The summed E-state index contributed by atoms with van der Waals surface area (Å²) < 4.78 is 61.3. The molecule has 0 amide bonds. The molecule has 0 aromatic carbocycles. The van der Waals surface area contributed by atoms with Gasteiger partial charge in [0, 0.05) is 48.5 Å². The molecule has 2 heterocycles. The van der Waals surface area contributed by atoms with Gasteiger partial charge in [0.05, 0.1) is 6.61 Å². The van der Waals surface area contributed by atoms with Crippen LogP contribution in [-0.4, -0.2) is 123 Å². The lowest BCUT2D eigenvalue weighted by Gasteiger charge is -2.48. The number of carbonyl (C=O) groups excluding carboxylic acids is 7. The molecule has 2 rings (SSSR count). The van der Waals surface area contributed by atoms with Gasteiger partial charge in [0.15, 0.2) is 43.1 Å². The molecule has 2 fully saturated rings. The highest BCUT2D eigenvalue weighted by atomic mass is 16.8. The van der Waals surface area contributed by atoms with Crippen molar-refractivity contribution in [1.82, 2.24) is 0 Å². The lowest BCUT2D eigenvalue weighted by Crippen LogP contribution is -2.67. The van der Waals surface area contributed by atoms with E-state index in [2.05, 4.69) is 6.58 Å². The second-order valence-corrected chi connectivity index (χ2v) is 10.3. The Balaban J connectivity index is 2.72. The van der Waals surface area contributed by atoms with Crippen molar-refractivity contribution in [1.29, 1.82) is 0 Å². The zero-order valence-electron chi connectivity index (χ0n) is 27.0. The van der Waals surface area contributed by atoms with Crippen LogP contribution in [0.3, 0.4) is 0 Å². The molecule has 0 N–H and O–H groups in total. The third kappa shape index (κ3) is 12.2. The molecule has 0 aliphatic carbocycles. The Morgan fingerprint density at radius 2 is 0.872 bits per heavy atom. The van der Waals surface area contributed by atoms with Gasteiger partial charge in [0.1, 0.15) is 31.5 Å². The number of ether oxygens (including phenoxy) is 11. The monoisotopic (exact) mass is 676 g/mol. The lowest BCUT2D eigenvalue weighted by molar-refractivity contribution is -0.360. The molecule has 0 spiro atoms. The average Bonchev–Trinajstić information content (AvgIpc) is 2.94. The molecule has 2 aliphatic heterocycles. The van der Waals surface area contributed by atoms with Crippen LogP contribution in [0.5, 0.6) is 0 Å². The van der Waals surface area contributed by atoms with Crippen molar-refractivity contribution in [3.8, 4) is 0 Å². The molecular formula is C29H40O18. The van der Waals surface area contributed by atoms with Crippen LogP contribution in [0.4, 0.5) is 0 Å². The number of carbonyl (C=O) groups is 7. The molecule has 0 saturated carbocycles. The van der Waals surface area contributed by atoms with Crippen LogP contribution in [-0.2, 0) is 85.7 Å². The number of esters is 7. The van der Waals surface area contributed by atoms with Crippen molar-refractivity contribution in [3.05, 3.63) is 12.7 Å². The summed E-state index contributed by atoms with van der Waals surface area (Å²) in [5, 5.41) is 0. The maximum absolute atomic E-state index is 12.3. The van der Waals surface area contributed by atoms with E-state index in [1.54, 1.807) is 0 Å². The highest BCUT2D eigenvalue weighted by molar-refractivity contribution is 5.69. The van der Waals surface area contributed by atoms with Crippen LogP contribution in [0.2, 0.25) is 0 Å². The Morgan fingerprint density at radius 3 is 1.30 bits per heavy atom. The highest BCUT2D eigenvalue weighted by Crippen LogP contribution is 2.35. The second kappa shape index (κ2) is 18.3. The molecule has 0 aromatic heterocycles. The fraction of sp³-hybridized carbons (Fsp3) is 0.690. The summed E-state index contributed by atoms with van der Waals surface area (Å²) in [4.78, 5) is 84.6. The molecule has 10 atom stereocenters. The molecule has 47 heavy (non-hydrogen) atoms. The molecule has 2 aliphatic rings. The van der Waals surface area contributed by atoms with E-state index in [4.69, 9.17) is 52.1 Å². The Kier molecular flexibility index (Phi) is 15.2. The van der Waals surface area contributed by atoms with Gasteiger partial charge >= 0.3 is 41.8 Å². The summed E-state index contributed by atoms with van der Waals surface area (Å²) in [6.07, 6.45) is -13.9. The fourth-order valence-corrected chi connectivity index (χ4v) is 4.77. The molecule has 2 saturated heterocycles. The number of hydrogen-bond acceptors (Lipinski definition) is 18. The Labute approximate surface area is 270 Å². The molecule has 18 nitrogen and oxygen atoms in total. The maximum atomic E-state index is 12.3. The number of rotatable bonds is 14. The van der Waals surface area contributed by atoms with Crippen molar-refractivity contribution in [3.63, 3.8) is 0 Å². The van der Waals surface area contributed by atoms with E-state index in [0.29, 0.717) is 0 Å². The standard InChI is InChI=1S/C29H40O18/c1-9-10-37-28-26(43-18(7)35)25(42-17(6)34)23(21(45-28)12-39-14(3)31)47-29-27(44-19(8)36)24(41-16(5)33)22(40-15(4)32)20(46-29)11-38-13(2)30/h9,20-29H,1,10-12H2,2-8H3/t20-,21-,22+,23-,24+,25+,26-,27-,28?,29+/m1/s1. The quantitative estimate of drug-likeness (QED) is 0.132. The van der Waals surface area contributed by atoms with Gasteiger partial charge in [0.2, 0.25) is 0 Å². The third-order valence-electron chi connectivity index (χ3n) is 6.26. The first kappa shape index (κ1) is 39.1. The van der Waals surface area contributed by atoms with E-state index in [-0.39, 0.29) is 6.61 Å². The molecule has 0 bridgehead atoms. The molecular weight excluding hydrogens is 636 g/mol. The zero-order chi connectivity index (χ0) is 35.4. The van der Waals surface area contributed by atoms with Gasteiger partial charge in [-0.2, -0.15) is 0 Å². The SMILES string of the molecule is C=CCOC1O[C@H](COC(C)=O)[C@@H](O[C@@H]2O[C@H](COC(C)=O)[C@H](OC(C)=O)[C@H](OC(C)=O)[C@H]2OC(C)=O)[C@H](OC(C)=O)[C@H]1OC(C)=O. The minimum Gasteiger partial charge on any atom is -0.463 e. The first-order valence-corrected chi connectivity index (χ1v) is 14.4. The van der Waals surface area contributed by atoms with Crippen LogP contribution < -0.4 is 0 Å². The van der Waals surface area contributed by atoms with Crippen molar-refractivity contribution in [2.45, 2.75) is 110 Å². The van der Waals surface area contributed by atoms with Gasteiger partial charge in [-0.1, -0.05) is 6.08 Å². The molecule has 1 unspecified atom stereocenters. The van der Waals surface area contributed by atoms with Crippen LogP contribution in [0.1, 0.15) is 48.5 Å². The summed E-state index contributed by atoms with van der Waals surface area (Å²) >= 11 is 0. The Bertz CT molecular complexity index is 1170. The molecule has 264 valence electrons. The van der Waals surface area contributed by atoms with Crippen molar-refractivity contribution >= 4 is 41.8 Å². The van der Waals surface area contributed by atoms with Crippen molar-refractivity contribution in [2.75, 3.05) is 19.8 Å². The van der Waals surface area contributed by atoms with E-state index < -0.39 is 116 Å². The van der Waals surface area contributed by atoms with E-state index in [9.17, 15) is 33.6 Å². The van der Waals surface area contributed by atoms with Gasteiger partial charge in [-0.15, -0.1) is 6.58 Å². The summed E-state index contributed by atoms with van der Waals surface area (Å²) in [5.41, 5.74) is 0. The van der Waals surface area contributed by atoms with E-state index in [1.807, 2.05) is 0 Å². The minimum absolute atomic E-state index is 0.110. The van der Waals surface area contributed by atoms with E-state index in [0.717, 1.165) is 48.5 Å². The first-order valence-electron chi connectivity index (χ1n) is 14.4. The predicted octanol–water partition coefficient (Wildman–Crippen LogP) is -0.191. The highest BCUT2D eigenvalue weighted by Gasteiger charge is 2.57. The fourth-order valence-electron chi connectivity index (χ4n) is 4.77. The lowest BCUT2D eigenvalue weighted by atomic mass is 9.96. The summed E-state index contributed by atoms with van der Waals surface area (Å²) in [6, 6.07) is 0. The predicted molar refractivity (Wildman–Crippen MR) is 149 cm³/mol. The second-order valence-electron chi connectivity index (χ2n) is 10.3. The van der Waals surface area contributed by atoms with Gasteiger partial charge < -0.3 is 52.1 Å². The van der Waals surface area contributed by atoms with Crippen LogP contribution in [0.25, 0.3) is 0 Å². The van der Waals surface area contributed by atoms with Gasteiger partial charge in [-0.3, -0.25) is 33.6 Å². The van der Waals surface area contributed by atoms with E-state index in [1.165, 1.54) is 6.08 Å². The van der Waals surface area contributed by atoms with Crippen LogP contribution >= 0.6 is 0 Å². The average molecular weight is 677 g/mol. The van der Waals surface area contributed by atoms with Gasteiger partial charge in [-0.05, 0) is 0 Å². The van der Waals surface area contributed by atoms with Gasteiger partial charge in [-0.25, -0.2) is 0 Å². The number of hydrogen-bond donors (Lipinski definition) is 0. The summed E-state index contributed by atoms with van der Waals surface area (Å²) in [6.45, 7) is 9.85. The molecule has 0 radical (unpaired) electrons. The van der Waals surface area contributed by atoms with Crippen LogP contribution in [0.15, 0.2) is 12.7 Å². The third-order valence-corrected chi connectivity index (χ3v) is 6.26. The summed E-state index contributed by atoms with van der Waals surface area (Å²) in [7, 11) is 0. The Hall–Kier alpha value is -4.13. The Morgan fingerprint density at radius 1 is 0.511 bits per heavy atom. The maximum Gasteiger partial charge on any atom is 0.303 e. The van der Waals surface area contributed by atoms with E-state index >= 15 is 0 Å². The molecule has 0 aromatic rings. The first-order chi connectivity index (χ1) is 22.0. The minimum atomic E-state index is -1.77. The smallest absolute Gasteiger partial charge is 0.303 e. The normalized spacial score (nSPS) is 30.1. The van der Waals surface area contributed by atoms with Crippen molar-refractivity contribution < 1.29 is 85.7 Å². The largest absolute Gasteiger partial charge is 0.463 e. The van der Waals surface area contributed by atoms with Crippen LogP contribution in [0, 0.1) is 0 Å². The topological polar surface area (TPSA) is 221 Å². The van der Waals surface area contributed by atoms with Gasteiger partial charge in [0.25, 0.3) is 0 Å². The zero-order valence-corrected chi connectivity index (χ0v) is 27.0. The van der Waals surface area contributed by atoms with Crippen molar-refractivity contribution in [2.24, 2.45) is 0 Å². The summed E-state index contributed by atoms with van der Waals surface area (Å²) in [5.74, 6) is -5.81. The molecule has 18 heteroatoms.